The largest absolute Gasteiger partial charge is 0.454 e. The van der Waals surface area contributed by atoms with E-state index in [2.05, 4.69) is 4.98 Å². The number of ether oxygens (including phenoxy) is 1. The predicted molar refractivity (Wildman–Crippen MR) is 125 cm³/mol. The summed E-state index contributed by atoms with van der Waals surface area (Å²) in [6.07, 6.45) is 0. The third-order valence-corrected chi connectivity index (χ3v) is 5.60. The molecule has 0 radical (unpaired) electrons. The maximum atomic E-state index is 12.9. The molecule has 9 heteroatoms. The highest BCUT2D eigenvalue weighted by Crippen LogP contribution is 2.30. The second kappa shape index (κ2) is 9.36. The molecule has 33 heavy (non-hydrogen) atoms. The molecule has 0 amide bonds. The lowest BCUT2D eigenvalue weighted by Gasteiger charge is -2.10. The molecule has 3 aromatic carbocycles. The average molecular weight is 481 g/mol. The summed E-state index contributed by atoms with van der Waals surface area (Å²) >= 11 is 12.1. The Balaban J connectivity index is 1.63. The van der Waals surface area contributed by atoms with E-state index in [1.165, 1.54) is 18.2 Å². The number of nitro groups is 1. The number of hydrogen-bond donors (Lipinski definition) is 0. The Labute approximate surface area is 197 Å². The fourth-order valence-corrected chi connectivity index (χ4v) is 3.53. The van der Waals surface area contributed by atoms with Crippen LogP contribution >= 0.6 is 23.2 Å². The minimum atomic E-state index is -0.728. The number of non-ortho nitro benzene ring substituents is 1. The molecular formula is C24H14Cl2N2O5. The van der Waals surface area contributed by atoms with Gasteiger partial charge in [0.15, 0.2) is 6.61 Å². The number of fused-ring (bicyclic) bond motifs is 1. The van der Waals surface area contributed by atoms with Crippen molar-refractivity contribution in [3.8, 4) is 11.3 Å². The van der Waals surface area contributed by atoms with Crippen LogP contribution in [0.2, 0.25) is 10.0 Å². The highest BCUT2D eigenvalue weighted by molar-refractivity contribution is 6.42. The van der Waals surface area contributed by atoms with Gasteiger partial charge in [0.1, 0.15) is 0 Å². The molecule has 0 saturated heterocycles. The Bertz CT molecular complexity index is 1420. The summed E-state index contributed by atoms with van der Waals surface area (Å²) in [5.41, 5.74) is 1.75. The summed E-state index contributed by atoms with van der Waals surface area (Å²) in [6, 6.07) is 18.8. The van der Waals surface area contributed by atoms with Crippen molar-refractivity contribution in [3.63, 3.8) is 0 Å². The maximum absolute atomic E-state index is 12.9. The number of Topliss-reactive ketones (excluding diaryl/α,β-unsaturated/α-hetero) is 1. The van der Waals surface area contributed by atoms with Crippen molar-refractivity contribution in [2.24, 2.45) is 0 Å². The second-order valence-electron chi connectivity index (χ2n) is 7.01. The summed E-state index contributed by atoms with van der Waals surface area (Å²) in [6.45, 7) is -0.571. The third-order valence-electron chi connectivity index (χ3n) is 4.86. The fourth-order valence-electron chi connectivity index (χ4n) is 3.23. The smallest absolute Gasteiger partial charge is 0.339 e. The molecule has 164 valence electrons. The first-order valence-electron chi connectivity index (χ1n) is 9.63. The van der Waals surface area contributed by atoms with Gasteiger partial charge in [0.05, 0.1) is 31.7 Å². The number of carbonyl (C=O) groups is 2. The molecule has 1 heterocycles. The SMILES string of the molecule is O=C(COC(=O)c1cc(-c2ccc(Cl)c(Cl)c2)nc2ccccc12)c1cccc([N+](=O)[O-])c1. The number of aromatic nitrogens is 1. The number of hydrogen-bond acceptors (Lipinski definition) is 6. The van der Waals surface area contributed by atoms with Crippen LogP contribution in [0, 0.1) is 10.1 Å². The minimum Gasteiger partial charge on any atom is -0.454 e. The summed E-state index contributed by atoms with van der Waals surface area (Å²) in [4.78, 5) is 40.3. The zero-order valence-electron chi connectivity index (χ0n) is 16.8. The van der Waals surface area contributed by atoms with E-state index in [0.29, 0.717) is 32.2 Å². The zero-order chi connectivity index (χ0) is 23.5. The van der Waals surface area contributed by atoms with Gasteiger partial charge < -0.3 is 4.74 Å². The van der Waals surface area contributed by atoms with Gasteiger partial charge in [-0.15, -0.1) is 0 Å². The molecule has 0 aliphatic heterocycles. The molecule has 4 rings (SSSR count). The summed E-state index contributed by atoms with van der Waals surface area (Å²) in [5.74, 6) is -1.29. The van der Waals surface area contributed by atoms with Crippen molar-refractivity contribution in [2.45, 2.75) is 0 Å². The van der Waals surface area contributed by atoms with Crippen LogP contribution < -0.4 is 0 Å². The summed E-state index contributed by atoms with van der Waals surface area (Å²) in [5, 5.41) is 12.2. The first-order valence-corrected chi connectivity index (χ1v) is 10.4. The predicted octanol–water partition coefficient (Wildman–Crippen LogP) is 6.16. The van der Waals surface area contributed by atoms with Crippen molar-refractivity contribution < 1.29 is 19.2 Å². The minimum absolute atomic E-state index is 0.0769. The standard InChI is InChI=1S/C24H14Cl2N2O5/c25-19-9-8-14(11-20(19)26)22-12-18(17-6-1-2-7-21(17)27-22)24(30)33-13-23(29)15-4-3-5-16(10-15)28(31)32/h1-12H,13H2. The molecule has 0 saturated carbocycles. The fraction of sp³-hybridized carbons (Fsp3) is 0.0417. The molecule has 7 nitrogen and oxygen atoms in total. The van der Waals surface area contributed by atoms with Gasteiger partial charge in [0.25, 0.3) is 5.69 Å². The molecule has 0 aliphatic rings. The highest BCUT2D eigenvalue weighted by atomic mass is 35.5. The number of nitro benzene ring substituents is 1. The molecule has 4 aromatic rings. The van der Waals surface area contributed by atoms with E-state index >= 15 is 0 Å². The molecule has 0 atom stereocenters. The van der Waals surface area contributed by atoms with Crippen LogP contribution in [0.25, 0.3) is 22.2 Å². The zero-order valence-corrected chi connectivity index (χ0v) is 18.3. The molecule has 0 N–H and O–H groups in total. The quantitative estimate of drug-likeness (QED) is 0.142. The number of carbonyl (C=O) groups excluding carboxylic acids is 2. The van der Waals surface area contributed by atoms with Gasteiger partial charge in [0, 0.05) is 28.6 Å². The van der Waals surface area contributed by atoms with E-state index in [9.17, 15) is 19.7 Å². The Kier molecular flexibility index (Phi) is 6.35. The lowest BCUT2D eigenvalue weighted by atomic mass is 10.0. The number of halogens is 2. The van der Waals surface area contributed by atoms with E-state index in [-0.39, 0.29) is 16.8 Å². The lowest BCUT2D eigenvalue weighted by molar-refractivity contribution is -0.384. The van der Waals surface area contributed by atoms with Gasteiger partial charge in [0.2, 0.25) is 5.78 Å². The Morgan fingerprint density at radius 2 is 1.73 bits per heavy atom. The molecule has 0 aliphatic carbocycles. The number of ketones is 1. The van der Waals surface area contributed by atoms with Crippen LogP contribution in [0.3, 0.4) is 0 Å². The van der Waals surface area contributed by atoms with Gasteiger partial charge in [-0.3, -0.25) is 14.9 Å². The first-order chi connectivity index (χ1) is 15.8. The second-order valence-corrected chi connectivity index (χ2v) is 7.82. The van der Waals surface area contributed by atoms with Gasteiger partial charge in [-0.05, 0) is 24.3 Å². The Morgan fingerprint density at radius 1 is 0.939 bits per heavy atom. The molecule has 1 aromatic heterocycles. The van der Waals surface area contributed by atoms with Crippen molar-refractivity contribution in [2.75, 3.05) is 6.61 Å². The monoisotopic (exact) mass is 480 g/mol. The van der Waals surface area contributed by atoms with Gasteiger partial charge in [-0.2, -0.15) is 0 Å². The molecule has 0 spiro atoms. The molecular weight excluding hydrogens is 467 g/mol. The van der Waals surface area contributed by atoms with Gasteiger partial charge in [-0.1, -0.05) is 59.6 Å². The van der Waals surface area contributed by atoms with Crippen molar-refractivity contribution in [1.82, 2.24) is 4.98 Å². The van der Waals surface area contributed by atoms with E-state index in [0.717, 1.165) is 6.07 Å². The van der Waals surface area contributed by atoms with Gasteiger partial charge in [-0.25, -0.2) is 9.78 Å². The molecule has 0 unspecified atom stereocenters. The van der Waals surface area contributed by atoms with Crippen LogP contribution in [-0.4, -0.2) is 28.3 Å². The van der Waals surface area contributed by atoms with E-state index in [1.807, 2.05) is 0 Å². The number of nitrogens with zero attached hydrogens (tertiary/aromatic N) is 2. The van der Waals surface area contributed by atoms with E-state index in [4.69, 9.17) is 27.9 Å². The van der Waals surface area contributed by atoms with Crippen molar-refractivity contribution in [3.05, 3.63) is 104 Å². The Hall–Kier alpha value is -3.81. The highest BCUT2D eigenvalue weighted by Gasteiger charge is 2.18. The van der Waals surface area contributed by atoms with Gasteiger partial charge >= 0.3 is 5.97 Å². The van der Waals surface area contributed by atoms with Crippen LogP contribution in [0.5, 0.6) is 0 Å². The number of esters is 1. The van der Waals surface area contributed by atoms with Crippen LogP contribution in [0.1, 0.15) is 20.7 Å². The summed E-state index contributed by atoms with van der Waals surface area (Å²) in [7, 11) is 0. The van der Waals surface area contributed by atoms with E-state index < -0.39 is 23.3 Å². The molecule has 0 fully saturated rings. The Morgan fingerprint density at radius 3 is 2.48 bits per heavy atom. The third kappa shape index (κ3) is 4.84. The number of rotatable bonds is 6. The normalized spacial score (nSPS) is 10.7. The summed E-state index contributed by atoms with van der Waals surface area (Å²) < 4.78 is 5.25. The first kappa shape index (κ1) is 22.4. The van der Waals surface area contributed by atoms with Crippen LogP contribution in [-0.2, 0) is 4.74 Å². The average Bonchev–Trinajstić information content (AvgIpc) is 2.83. The number of para-hydroxylation sites is 1. The van der Waals surface area contributed by atoms with E-state index in [1.54, 1.807) is 48.5 Å². The molecule has 0 bridgehead atoms. The maximum Gasteiger partial charge on any atom is 0.339 e. The van der Waals surface area contributed by atoms with Crippen LogP contribution in [0.15, 0.2) is 72.8 Å². The lowest BCUT2D eigenvalue weighted by Crippen LogP contribution is -2.15. The van der Waals surface area contributed by atoms with Crippen molar-refractivity contribution >= 4 is 51.5 Å². The number of benzene rings is 3. The number of pyridine rings is 1. The van der Waals surface area contributed by atoms with Crippen LogP contribution in [0.4, 0.5) is 5.69 Å². The topological polar surface area (TPSA) is 99.4 Å². The van der Waals surface area contributed by atoms with Crippen molar-refractivity contribution in [1.29, 1.82) is 0 Å².